The van der Waals surface area contributed by atoms with Crippen LogP contribution in [0, 0.1) is 6.92 Å². The molecule has 0 saturated carbocycles. The topological polar surface area (TPSA) is 50.3 Å². The van der Waals surface area contributed by atoms with Crippen molar-refractivity contribution >= 4 is 5.82 Å². The maximum atomic E-state index is 5.72. The Balaban J connectivity index is 1.79. The Hall–Kier alpha value is -1.07. The summed E-state index contributed by atoms with van der Waals surface area (Å²) in [6.07, 6.45) is 2.02. The van der Waals surface area contributed by atoms with E-state index < -0.39 is 0 Å². The molecule has 0 spiro atoms. The van der Waals surface area contributed by atoms with Crippen LogP contribution in [0.5, 0.6) is 0 Å². The fraction of sp³-hybridized carbons (Fsp3) is 0.727. The average molecular weight is 223 g/mol. The highest BCUT2D eigenvalue weighted by Crippen LogP contribution is 2.06. The van der Waals surface area contributed by atoms with Crippen molar-refractivity contribution in [2.45, 2.75) is 13.5 Å². The molecule has 5 heteroatoms. The fourth-order valence-electron chi connectivity index (χ4n) is 1.97. The van der Waals surface area contributed by atoms with Gasteiger partial charge in [-0.1, -0.05) is 0 Å². The first-order valence-corrected chi connectivity index (χ1v) is 5.85. The second-order valence-electron chi connectivity index (χ2n) is 4.61. The minimum absolute atomic E-state index is 0.651. The van der Waals surface area contributed by atoms with Gasteiger partial charge in [-0.25, -0.2) is 0 Å². The molecule has 1 aliphatic heterocycles. The van der Waals surface area contributed by atoms with Crippen LogP contribution in [0.2, 0.25) is 0 Å². The van der Waals surface area contributed by atoms with Gasteiger partial charge in [-0.15, -0.1) is 0 Å². The predicted octanol–water partition coefficient (Wildman–Crippen LogP) is 0.0211. The molecular formula is C11H21N5. The normalized spacial score (nSPS) is 19.1. The first-order valence-electron chi connectivity index (χ1n) is 5.85. The van der Waals surface area contributed by atoms with E-state index in [-0.39, 0.29) is 0 Å². The highest BCUT2D eigenvalue weighted by Gasteiger charge is 2.13. The van der Waals surface area contributed by atoms with E-state index in [0.29, 0.717) is 5.82 Å². The van der Waals surface area contributed by atoms with Crippen molar-refractivity contribution in [3.8, 4) is 0 Å². The Bertz CT molecular complexity index is 319. The summed E-state index contributed by atoms with van der Waals surface area (Å²) in [7, 11) is 2.18. The molecule has 1 fully saturated rings. The van der Waals surface area contributed by atoms with Gasteiger partial charge in [0.15, 0.2) is 0 Å². The van der Waals surface area contributed by atoms with Crippen molar-refractivity contribution in [2.75, 3.05) is 45.5 Å². The smallest absolute Gasteiger partial charge is 0.148 e. The minimum atomic E-state index is 0.651. The van der Waals surface area contributed by atoms with Crippen LogP contribution < -0.4 is 5.73 Å². The van der Waals surface area contributed by atoms with Crippen LogP contribution in [0.25, 0.3) is 0 Å². The number of piperazine rings is 1. The van der Waals surface area contributed by atoms with Crippen LogP contribution in [-0.4, -0.2) is 59.4 Å². The van der Waals surface area contributed by atoms with Gasteiger partial charge < -0.3 is 10.6 Å². The number of nitrogens with two attached hydrogens (primary N) is 1. The number of nitrogens with zero attached hydrogens (tertiary/aromatic N) is 4. The maximum Gasteiger partial charge on any atom is 0.148 e. The maximum absolute atomic E-state index is 5.72. The average Bonchev–Trinajstić information content (AvgIpc) is 2.58. The van der Waals surface area contributed by atoms with Gasteiger partial charge in [-0.2, -0.15) is 5.10 Å². The van der Waals surface area contributed by atoms with Crippen molar-refractivity contribution in [2.24, 2.45) is 0 Å². The number of hydrogen-bond acceptors (Lipinski definition) is 4. The van der Waals surface area contributed by atoms with Gasteiger partial charge in [0.1, 0.15) is 5.82 Å². The Morgan fingerprint density at radius 2 is 1.94 bits per heavy atom. The minimum Gasteiger partial charge on any atom is -0.382 e. The Morgan fingerprint density at radius 3 is 2.50 bits per heavy atom. The van der Waals surface area contributed by atoms with Crippen molar-refractivity contribution in [1.82, 2.24) is 19.6 Å². The molecule has 0 aromatic carbocycles. The molecule has 90 valence electrons. The van der Waals surface area contributed by atoms with Crippen LogP contribution in [0.1, 0.15) is 5.56 Å². The molecule has 0 radical (unpaired) electrons. The number of aryl methyl sites for hydroxylation is 1. The lowest BCUT2D eigenvalue weighted by atomic mass is 10.3. The van der Waals surface area contributed by atoms with Crippen LogP contribution >= 0.6 is 0 Å². The van der Waals surface area contributed by atoms with Gasteiger partial charge in [-0.05, 0) is 14.0 Å². The van der Waals surface area contributed by atoms with Crippen molar-refractivity contribution < 1.29 is 0 Å². The molecule has 0 atom stereocenters. The number of hydrogen-bond donors (Lipinski definition) is 1. The molecule has 1 aromatic heterocycles. The lowest BCUT2D eigenvalue weighted by molar-refractivity contribution is 0.149. The molecular weight excluding hydrogens is 202 g/mol. The molecule has 0 aliphatic carbocycles. The number of rotatable bonds is 3. The van der Waals surface area contributed by atoms with Crippen LogP contribution in [0.15, 0.2) is 6.20 Å². The number of aromatic nitrogens is 2. The van der Waals surface area contributed by atoms with Gasteiger partial charge >= 0.3 is 0 Å². The Kier molecular flexibility index (Phi) is 3.46. The first kappa shape index (κ1) is 11.4. The quantitative estimate of drug-likeness (QED) is 0.785. The zero-order valence-electron chi connectivity index (χ0n) is 10.2. The standard InChI is InChI=1S/C11H21N5/c1-10-9-16(13-11(10)12)8-7-15-5-3-14(2)4-6-15/h9H,3-8H2,1-2H3,(H2,12,13). The summed E-state index contributed by atoms with van der Waals surface area (Å²) < 4.78 is 1.95. The van der Waals surface area contributed by atoms with Crippen molar-refractivity contribution in [1.29, 1.82) is 0 Å². The third kappa shape index (κ3) is 2.74. The monoisotopic (exact) mass is 223 g/mol. The fourth-order valence-corrected chi connectivity index (χ4v) is 1.97. The highest BCUT2D eigenvalue weighted by molar-refractivity contribution is 5.35. The second-order valence-corrected chi connectivity index (χ2v) is 4.61. The summed E-state index contributed by atoms with van der Waals surface area (Å²) in [6, 6.07) is 0. The van der Waals surface area contributed by atoms with E-state index in [2.05, 4.69) is 21.9 Å². The van der Waals surface area contributed by atoms with Crippen molar-refractivity contribution in [3.05, 3.63) is 11.8 Å². The summed E-state index contributed by atoms with van der Waals surface area (Å²) in [5.41, 5.74) is 6.78. The third-order valence-corrected chi connectivity index (χ3v) is 3.22. The summed E-state index contributed by atoms with van der Waals surface area (Å²) in [5, 5.41) is 4.27. The highest BCUT2D eigenvalue weighted by atomic mass is 15.3. The molecule has 0 unspecified atom stereocenters. The summed E-state index contributed by atoms with van der Waals surface area (Å²) in [5.74, 6) is 0.651. The van der Waals surface area contributed by atoms with Gasteiger partial charge in [0, 0.05) is 44.5 Å². The number of anilines is 1. The summed E-state index contributed by atoms with van der Waals surface area (Å²) >= 11 is 0. The SMILES string of the molecule is Cc1cn(CCN2CCN(C)CC2)nc1N. The molecule has 1 saturated heterocycles. The second kappa shape index (κ2) is 4.84. The Labute approximate surface area is 96.8 Å². The molecule has 0 amide bonds. The number of nitrogen functional groups attached to an aromatic ring is 1. The van der Waals surface area contributed by atoms with Crippen LogP contribution in [0.4, 0.5) is 5.82 Å². The van der Waals surface area contributed by atoms with E-state index in [0.717, 1.165) is 31.7 Å². The van der Waals surface area contributed by atoms with Gasteiger partial charge in [0.05, 0.1) is 6.54 Å². The van der Waals surface area contributed by atoms with E-state index in [1.807, 2.05) is 17.8 Å². The summed E-state index contributed by atoms with van der Waals surface area (Å²) in [4.78, 5) is 4.85. The zero-order chi connectivity index (χ0) is 11.5. The molecule has 5 nitrogen and oxygen atoms in total. The van der Waals surface area contributed by atoms with E-state index in [1.54, 1.807) is 0 Å². The summed E-state index contributed by atoms with van der Waals surface area (Å²) in [6.45, 7) is 8.64. The lowest BCUT2D eigenvalue weighted by Crippen LogP contribution is -2.45. The van der Waals surface area contributed by atoms with Gasteiger partial charge in [-0.3, -0.25) is 9.58 Å². The van der Waals surface area contributed by atoms with Crippen LogP contribution in [0.3, 0.4) is 0 Å². The van der Waals surface area contributed by atoms with E-state index in [1.165, 1.54) is 13.1 Å². The largest absolute Gasteiger partial charge is 0.382 e. The molecule has 2 heterocycles. The van der Waals surface area contributed by atoms with Crippen molar-refractivity contribution in [3.63, 3.8) is 0 Å². The van der Waals surface area contributed by atoms with E-state index in [4.69, 9.17) is 5.73 Å². The third-order valence-electron chi connectivity index (χ3n) is 3.22. The lowest BCUT2D eigenvalue weighted by Gasteiger charge is -2.32. The molecule has 1 aliphatic rings. The molecule has 2 rings (SSSR count). The first-order chi connectivity index (χ1) is 7.65. The van der Waals surface area contributed by atoms with Crippen LogP contribution in [-0.2, 0) is 6.54 Å². The van der Waals surface area contributed by atoms with E-state index >= 15 is 0 Å². The number of likely N-dealkylation sites (N-methyl/N-ethyl adjacent to an activating group) is 1. The molecule has 2 N–H and O–H groups in total. The van der Waals surface area contributed by atoms with Gasteiger partial charge in [0.25, 0.3) is 0 Å². The van der Waals surface area contributed by atoms with E-state index in [9.17, 15) is 0 Å². The van der Waals surface area contributed by atoms with Gasteiger partial charge in [0.2, 0.25) is 0 Å². The Morgan fingerprint density at radius 1 is 1.25 bits per heavy atom. The molecule has 1 aromatic rings. The molecule has 16 heavy (non-hydrogen) atoms. The predicted molar refractivity (Wildman–Crippen MR) is 65.3 cm³/mol. The molecule has 0 bridgehead atoms. The zero-order valence-corrected chi connectivity index (χ0v) is 10.2.